The van der Waals surface area contributed by atoms with Crippen LogP contribution in [0.1, 0.15) is 44.1 Å². The SMILES string of the molecule is COc1cc(Cl)c(C)cc1NC(=O)CC1SC(=NC2CCCCC2)NC1=O. The first kappa shape index (κ1) is 20.0. The molecule has 2 fully saturated rings. The van der Waals surface area contributed by atoms with Gasteiger partial charge in [-0.15, -0.1) is 0 Å². The van der Waals surface area contributed by atoms with Crippen molar-refractivity contribution in [3.05, 3.63) is 22.7 Å². The number of amides is 2. The van der Waals surface area contributed by atoms with E-state index in [-0.39, 0.29) is 24.3 Å². The zero-order valence-electron chi connectivity index (χ0n) is 15.5. The van der Waals surface area contributed by atoms with Crippen molar-refractivity contribution in [2.24, 2.45) is 4.99 Å². The number of anilines is 1. The molecule has 27 heavy (non-hydrogen) atoms. The Morgan fingerprint density at radius 2 is 2.11 bits per heavy atom. The Bertz CT molecular complexity index is 763. The minimum absolute atomic E-state index is 0.0744. The summed E-state index contributed by atoms with van der Waals surface area (Å²) >= 11 is 7.43. The molecule has 2 amide bonds. The number of nitrogens with zero attached hydrogens (tertiary/aromatic N) is 1. The average molecular weight is 410 g/mol. The van der Waals surface area contributed by atoms with Crippen molar-refractivity contribution in [1.82, 2.24) is 5.32 Å². The van der Waals surface area contributed by atoms with Crippen LogP contribution in [0, 0.1) is 6.92 Å². The van der Waals surface area contributed by atoms with Crippen LogP contribution in [0.2, 0.25) is 5.02 Å². The Morgan fingerprint density at radius 1 is 1.37 bits per heavy atom. The number of aryl methyl sites for hydroxylation is 1. The van der Waals surface area contributed by atoms with E-state index >= 15 is 0 Å². The first-order chi connectivity index (χ1) is 13.0. The number of rotatable bonds is 5. The van der Waals surface area contributed by atoms with Gasteiger partial charge in [-0.3, -0.25) is 14.6 Å². The van der Waals surface area contributed by atoms with Crippen molar-refractivity contribution in [1.29, 1.82) is 0 Å². The number of carbonyl (C=O) groups excluding carboxylic acids is 2. The maximum atomic E-state index is 12.4. The van der Waals surface area contributed by atoms with Gasteiger partial charge < -0.3 is 15.4 Å². The smallest absolute Gasteiger partial charge is 0.240 e. The van der Waals surface area contributed by atoms with Crippen LogP contribution in [-0.4, -0.2) is 35.4 Å². The minimum atomic E-state index is -0.466. The van der Waals surface area contributed by atoms with Gasteiger partial charge >= 0.3 is 0 Å². The Hall–Kier alpha value is -1.73. The summed E-state index contributed by atoms with van der Waals surface area (Å²) in [6.45, 7) is 1.85. The predicted octanol–water partition coefficient (Wildman–Crippen LogP) is 3.91. The third-order valence-electron chi connectivity index (χ3n) is 4.78. The van der Waals surface area contributed by atoms with Crippen molar-refractivity contribution < 1.29 is 14.3 Å². The molecule has 1 aliphatic carbocycles. The number of carbonyl (C=O) groups is 2. The van der Waals surface area contributed by atoms with Crippen LogP contribution in [0.4, 0.5) is 5.69 Å². The lowest BCUT2D eigenvalue weighted by atomic mass is 9.96. The van der Waals surface area contributed by atoms with Crippen LogP contribution in [0.5, 0.6) is 5.75 Å². The summed E-state index contributed by atoms with van der Waals surface area (Å²) in [4.78, 5) is 29.3. The van der Waals surface area contributed by atoms with E-state index in [2.05, 4.69) is 15.6 Å². The van der Waals surface area contributed by atoms with E-state index in [9.17, 15) is 9.59 Å². The first-order valence-electron chi connectivity index (χ1n) is 9.15. The van der Waals surface area contributed by atoms with E-state index in [4.69, 9.17) is 16.3 Å². The van der Waals surface area contributed by atoms with Gasteiger partial charge in [0.1, 0.15) is 11.0 Å². The molecule has 2 N–H and O–H groups in total. The minimum Gasteiger partial charge on any atom is -0.495 e. The second kappa shape index (κ2) is 8.97. The fraction of sp³-hybridized carbons (Fsp3) is 0.526. The highest BCUT2D eigenvalue weighted by molar-refractivity contribution is 8.15. The molecule has 3 rings (SSSR count). The first-order valence-corrected chi connectivity index (χ1v) is 10.4. The van der Waals surface area contributed by atoms with E-state index in [1.165, 1.54) is 38.1 Å². The number of halogens is 1. The maximum Gasteiger partial charge on any atom is 0.240 e. The highest BCUT2D eigenvalue weighted by Gasteiger charge is 2.33. The number of methoxy groups -OCH3 is 1. The average Bonchev–Trinajstić information content (AvgIpc) is 2.97. The molecule has 1 saturated carbocycles. The second-order valence-electron chi connectivity index (χ2n) is 6.88. The molecule has 1 atom stereocenters. The molecule has 0 aromatic heterocycles. The van der Waals surface area contributed by atoms with Crippen LogP contribution >= 0.6 is 23.4 Å². The van der Waals surface area contributed by atoms with Crippen molar-refractivity contribution >= 4 is 46.0 Å². The second-order valence-corrected chi connectivity index (χ2v) is 8.47. The third kappa shape index (κ3) is 5.17. The van der Waals surface area contributed by atoms with Crippen molar-refractivity contribution in [3.8, 4) is 5.75 Å². The van der Waals surface area contributed by atoms with Crippen LogP contribution < -0.4 is 15.4 Å². The molecular formula is C19H24ClN3O3S. The number of hydrogen-bond donors (Lipinski definition) is 2. The van der Waals surface area contributed by atoms with Gasteiger partial charge in [-0.2, -0.15) is 0 Å². The lowest BCUT2D eigenvalue weighted by Gasteiger charge is -2.17. The molecule has 0 radical (unpaired) electrons. The summed E-state index contributed by atoms with van der Waals surface area (Å²) in [6.07, 6.45) is 5.85. The molecule has 8 heteroatoms. The van der Waals surface area contributed by atoms with Gasteiger partial charge in [0, 0.05) is 17.5 Å². The molecule has 0 spiro atoms. The Morgan fingerprint density at radius 3 is 2.81 bits per heavy atom. The van der Waals surface area contributed by atoms with Gasteiger partial charge in [0.25, 0.3) is 0 Å². The highest BCUT2D eigenvalue weighted by atomic mass is 35.5. The standard InChI is InChI=1S/C19H24ClN3O3S/c1-11-8-14(15(26-2)9-13(11)20)22-17(24)10-16-18(25)23-19(27-16)21-12-6-4-3-5-7-12/h8-9,12,16H,3-7,10H2,1-2H3,(H,22,24)(H,21,23,25). The largest absolute Gasteiger partial charge is 0.495 e. The Kier molecular flexibility index (Phi) is 6.65. The number of nitrogens with one attached hydrogen (secondary N) is 2. The number of ether oxygens (including phenoxy) is 1. The summed E-state index contributed by atoms with van der Waals surface area (Å²) in [6, 6.07) is 3.71. The van der Waals surface area contributed by atoms with Gasteiger partial charge in [0.2, 0.25) is 11.8 Å². The number of hydrogen-bond acceptors (Lipinski definition) is 5. The molecule has 1 unspecified atom stereocenters. The molecule has 146 valence electrons. The lowest BCUT2D eigenvalue weighted by Crippen LogP contribution is -2.28. The van der Waals surface area contributed by atoms with Crippen molar-refractivity contribution in [3.63, 3.8) is 0 Å². The van der Waals surface area contributed by atoms with E-state index in [1.807, 2.05) is 6.92 Å². The molecule has 6 nitrogen and oxygen atoms in total. The highest BCUT2D eigenvalue weighted by Crippen LogP contribution is 2.32. The lowest BCUT2D eigenvalue weighted by molar-refractivity contribution is -0.122. The maximum absolute atomic E-state index is 12.4. The van der Waals surface area contributed by atoms with Gasteiger partial charge in [0.05, 0.1) is 18.8 Å². The number of thioether (sulfide) groups is 1. The van der Waals surface area contributed by atoms with Crippen LogP contribution in [0.15, 0.2) is 17.1 Å². The normalized spacial score (nSPS) is 22.0. The van der Waals surface area contributed by atoms with Crippen LogP contribution in [-0.2, 0) is 9.59 Å². The van der Waals surface area contributed by atoms with Crippen molar-refractivity contribution in [2.75, 3.05) is 12.4 Å². The van der Waals surface area contributed by atoms with Gasteiger partial charge in [-0.05, 0) is 31.4 Å². The Balaban J connectivity index is 1.60. The molecule has 1 saturated heterocycles. The molecule has 1 aromatic rings. The summed E-state index contributed by atoms with van der Waals surface area (Å²) in [5.41, 5.74) is 1.38. The third-order valence-corrected chi connectivity index (χ3v) is 6.28. The van der Waals surface area contributed by atoms with Crippen LogP contribution in [0.3, 0.4) is 0 Å². The molecule has 1 heterocycles. The number of benzene rings is 1. The fourth-order valence-corrected chi connectivity index (χ4v) is 4.47. The van der Waals surface area contributed by atoms with Crippen LogP contribution in [0.25, 0.3) is 0 Å². The summed E-state index contributed by atoms with van der Waals surface area (Å²) in [5, 5.41) is 6.37. The summed E-state index contributed by atoms with van der Waals surface area (Å²) in [7, 11) is 1.52. The topological polar surface area (TPSA) is 79.8 Å². The summed E-state index contributed by atoms with van der Waals surface area (Å²) < 4.78 is 5.27. The zero-order chi connectivity index (χ0) is 19.4. The van der Waals surface area contributed by atoms with E-state index in [0.29, 0.717) is 21.6 Å². The van der Waals surface area contributed by atoms with Gasteiger partial charge in [-0.1, -0.05) is 42.6 Å². The molecule has 1 aromatic carbocycles. The molecule has 1 aliphatic heterocycles. The fourth-order valence-electron chi connectivity index (χ4n) is 3.28. The summed E-state index contributed by atoms with van der Waals surface area (Å²) in [5.74, 6) is 0.0765. The monoisotopic (exact) mass is 409 g/mol. The molecular weight excluding hydrogens is 386 g/mol. The Labute approximate surface area is 168 Å². The zero-order valence-corrected chi connectivity index (χ0v) is 17.1. The van der Waals surface area contributed by atoms with E-state index < -0.39 is 5.25 Å². The predicted molar refractivity (Wildman–Crippen MR) is 110 cm³/mol. The van der Waals surface area contributed by atoms with E-state index in [0.717, 1.165) is 18.4 Å². The van der Waals surface area contributed by atoms with E-state index in [1.54, 1.807) is 12.1 Å². The quantitative estimate of drug-likeness (QED) is 0.772. The van der Waals surface area contributed by atoms with Gasteiger partial charge in [0.15, 0.2) is 5.17 Å². The number of amidine groups is 1. The number of aliphatic imine (C=N–C) groups is 1. The molecule has 2 aliphatic rings. The van der Waals surface area contributed by atoms with Gasteiger partial charge in [-0.25, -0.2) is 0 Å². The van der Waals surface area contributed by atoms with Crippen molar-refractivity contribution in [2.45, 2.75) is 56.7 Å². The molecule has 0 bridgehead atoms.